The first-order chi connectivity index (χ1) is 11.8. The summed E-state index contributed by atoms with van der Waals surface area (Å²) in [6, 6.07) is 14.9. The van der Waals surface area contributed by atoms with Crippen molar-refractivity contribution >= 4 is 27.5 Å². The molecule has 1 amide bonds. The average molecular weight is 381 g/mol. The second-order valence-electron chi connectivity index (χ2n) is 5.93. The fourth-order valence-electron chi connectivity index (χ4n) is 2.29. The summed E-state index contributed by atoms with van der Waals surface area (Å²) in [7, 11) is -3.80. The number of amides is 1. The number of carbonyl (C=O) groups is 1. The van der Waals surface area contributed by atoms with Gasteiger partial charge in [0, 0.05) is 17.6 Å². The van der Waals surface area contributed by atoms with Crippen LogP contribution in [0.5, 0.6) is 0 Å². The minimum absolute atomic E-state index is 0.0655. The predicted molar refractivity (Wildman–Crippen MR) is 98.8 cm³/mol. The molecule has 0 fully saturated rings. The van der Waals surface area contributed by atoms with Gasteiger partial charge in [-0.1, -0.05) is 41.9 Å². The van der Waals surface area contributed by atoms with Crippen LogP contribution in [0.1, 0.15) is 19.4 Å². The topological polar surface area (TPSA) is 66.5 Å². The van der Waals surface area contributed by atoms with E-state index in [1.165, 1.54) is 16.4 Å². The van der Waals surface area contributed by atoms with Gasteiger partial charge in [0.25, 0.3) is 0 Å². The molecule has 2 aromatic carbocycles. The van der Waals surface area contributed by atoms with E-state index in [0.717, 1.165) is 5.56 Å². The van der Waals surface area contributed by atoms with Gasteiger partial charge in [-0.25, -0.2) is 8.42 Å². The van der Waals surface area contributed by atoms with Gasteiger partial charge in [-0.15, -0.1) is 0 Å². The molecule has 0 unspecified atom stereocenters. The molecule has 2 aromatic rings. The first kappa shape index (κ1) is 19.4. The molecule has 0 aromatic heterocycles. The lowest BCUT2D eigenvalue weighted by atomic mass is 10.2. The first-order valence-corrected chi connectivity index (χ1v) is 9.70. The summed E-state index contributed by atoms with van der Waals surface area (Å²) >= 11 is 5.88. The van der Waals surface area contributed by atoms with Crippen LogP contribution < -0.4 is 5.32 Å². The standard InChI is InChI=1S/C18H21ClN2O3S/c1-14(2)20-18(22)13-21(12-15-8-10-16(19)11-9-15)25(23,24)17-6-4-3-5-7-17/h3-11,14H,12-13H2,1-2H3,(H,20,22). The van der Waals surface area contributed by atoms with Gasteiger partial charge in [0.05, 0.1) is 11.4 Å². The van der Waals surface area contributed by atoms with Gasteiger partial charge in [0.1, 0.15) is 0 Å². The number of nitrogens with zero attached hydrogens (tertiary/aromatic N) is 1. The average Bonchev–Trinajstić information content (AvgIpc) is 2.56. The zero-order valence-electron chi connectivity index (χ0n) is 14.1. The van der Waals surface area contributed by atoms with Crippen molar-refractivity contribution in [3.63, 3.8) is 0 Å². The van der Waals surface area contributed by atoms with Crippen LogP contribution in [-0.4, -0.2) is 31.2 Å². The van der Waals surface area contributed by atoms with Gasteiger partial charge in [-0.2, -0.15) is 4.31 Å². The van der Waals surface area contributed by atoms with E-state index in [4.69, 9.17) is 11.6 Å². The molecule has 0 atom stereocenters. The summed E-state index contributed by atoms with van der Waals surface area (Å²) < 4.78 is 27.1. The highest BCUT2D eigenvalue weighted by Crippen LogP contribution is 2.19. The molecule has 0 saturated heterocycles. The molecule has 0 aliphatic carbocycles. The number of carbonyl (C=O) groups excluding carboxylic acids is 1. The minimum atomic E-state index is -3.80. The highest BCUT2D eigenvalue weighted by molar-refractivity contribution is 7.89. The summed E-state index contributed by atoms with van der Waals surface area (Å²) in [6.07, 6.45) is 0. The summed E-state index contributed by atoms with van der Waals surface area (Å²) in [4.78, 5) is 12.3. The maximum atomic E-state index is 12.9. The summed E-state index contributed by atoms with van der Waals surface area (Å²) in [5, 5.41) is 3.29. The molecule has 0 aliphatic rings. The lowest BCUT2D eigenvalue weighted by molar-refractivity contribution is -0.121. The van der Waals surface area contributed by atoms with Gasteiger partial charge in [0.15, 0.2) is 0 Å². The van der Waals surface area contributed by atoms with Crippen LogP contribution >= 0.6 is 11.6 Å². The Morgan fingerprint density at radius 1 is 1.08 bits per heavy atom. The third kappa shape index (κ3) is 5.56. The monoisotopic (exact) mass is 380 g/mol. The highest BCUT2D eigenvalue weighted by atomic mass is 35.5. The van der Waals surface area contributed by atoms with Crippen molar-refractivity contribution in [2.75, 3.05) is 6.54 Å². The van der Waals surface area contributed by atoms with Crippen molar-refractivity contribution in [3.05, 3.63) is 65.2 Å². The number of benzene rings is 2. The van der Waals surface area contributed by atoms with Crippen molar-refractivity contribution in [2.24, 2.45) is 0 Å². The molecule has 0 radical (unpaired) electrons. The fourth-order valence-corrected chi connectivity index (χ4v) is 3.82. The Bertz CT molecular complexity index is 806. The van der Waals surface area contributed by atoms with E-state index in [-0.39, 0.29) is 29.9 Å². The SMILES string of the molecule is CC(C)NC(=O)CN(Cc1ccc(Cl)cc1)S(=O)(=O)c1ccccc1. The van der Waals surface area contributed by atoms with E-state index in [1.807, 2.05) is 13.8 Å². The number of nitrogens with one attached hydrogen (secondary N) is 1. The molecule has 0 spiro atoms. The zero-order chi connectivity index (χ0) is 18.4. The maximum Gasteiger partial charge on any atom is 0.243 e. The lowest BCUT2D eigenvalue weighted by Crippen LogP contribution is -2.42. The highest BCUT2D eigenvalue weighted by Gasteiger charge is 2.26. The molecular formula is C18H21ClN2O3S. The molecule has 0 heterocycles. The molecule has 0 aliphatic heterocycles. The summed E-state index contributed by atoms with van der Waals surface area (Å²) in [5.74, 6) is -0.344. The minimum Gasteiger partial charge on any atom is -0.353 e. The molecule has 2 rings (SSSR count). The van der Waals surface area contributed by atoms with Gasteiger partial charge in [-0.3, -0.25) is 4.79 Å². The van der Waals surface area contributed by atoms with Crippen LogP contribution in [0.4, 0.5) is 0 Å². The van der Waals surface area contributed by atoms with E-state index >= 15 is 0 Å². The molecule has 1 N–H and O–H groups in total. The van der Waals surface area contributed by atoms with E-state index in [0.29, 0.717) is 5.02 Å². The number of rotatable bonds is 7. The number of hydrogen-bond donors (Lipinski definition) is 1. The molecular weight excluding hydrogens is 360 g/mol. The van der Waals surface area contributed by atoms with Crippen LogP contribution in [0.15, 0.2) is 59.5 Å². The van der Waals surface area contributed by atoms with E-state index in [2.05, 4.69) is 5.32 Å². The van der Waals surface area contributed by atoms with Crippen molar-refractivity contribution in [1.82, 2.24) is 9.62 Å². The second-order valence-corrected chi connectivity index (χ2v) is 8.31. The Labute approximate surface area is 153 Å². The zero-order valence-corrected chi connectivity index (χ0v) is 15.7. The van der Waals surface area contributed by atoms with Crippen LogP contribution in [-0.2, 0) is 21.4 Å². The molecule has 7 heteroatoms. The Hall–Kier alpha value is -1.89. The summed E-state index contributed by atoms with van der Waals surface area (Å²) in [6.45, 7) is 3.48. The van der Waals surface area contributed by atoms with Crippen LogP contribution in [0.3, 0.4) is 0 Å². The molecule has 25 heavy (non-hydrogen) atoms. The smallest absolute Gasteiger partial charge is 0.243 e. The Kier molecular flexibility index (Phi) is 6.58. The van der Waals surface area contributed by atoms with Crippen LogP contribution in [0.25, 0.3) is 0 Å². The summed E-state index contributed by atoms with van der Waals surface area (Å²) in [5.41, 5.74) is 0.751. The first-order valence-electron chi connectivity index (χ1n) is 7.88. The molecule has 5 nitrogen and oxygen atoms in total. The molecule has 134 valence electrons. The Morgan fingerprint density at radius 2 is 1.68 bits per heavy atom. The van der Waals surface area contributed by atoms with E-state index in [9.17, 15) is 13.2 Å². The van der Waals surface area contributed by atoms with Crippen molar-refractivity contribution in [3.8, 4) is 0 Å². The largest absolute Gasteiger partial charge is 0.353 e. The Balaban J connectivity index is 2.31. The van der Waals surface area contributed by atoms with Gasteiger partial charge < -0.3 is 5.32 Å². The van der Waals surface area contributed by atoms with Crippen molar-refractivity contribution < 1.29 is 13.2 Å². The van der Waals surface area contributed by atoms with Crippen molar-refractivity contribution in [1.29, 1.82) is 0 Å². The third-order valence-electron chi connectivity index (χ3n) is 3.42. The maximum absolute atomic E-state index is 12.9. The van der Waals surface area contributed by atoms with Crippen LogP contribution in [0, 0.1) is 0 Å². The number of sulfonamides is 1. The number of hydrogen-bond acceptors (Lipinski definition) is 3. The third-order valence-corrected chi connectivity index (χ3v) is 5.48. The van der Waals surface area contributed by atoms with Crippen molar-refractivity contribution in [2.45, 2.75) is 31.3 Å². The second kappa shape index (κ2) is 8.47. The molecule has 0 saturated carbocycles. The quantitative estimate of drug-likeness (QED) is 0.802. The fraction of sp³-hybridized carbons (Fsp3) is 0.278. The normalized spacial score (nSPS) is 11.7. The van der Waals surface area contributed by atoms with Crippen LogP contribution in [0.2, 0.25) is 5.02 Å². The van der Waals surface area contributed by atoms with Gasteiger partial charge in [-0.05, 0) is 43.7 Å². The molecule has 0 bridgehead atoms. The van der Waals surface area contributed by atoms with Gasteiger partial charge >= 0.3 is 0 Å². The van der Waals surface area contributed by atoms with Gasteiger partial charge in [0.2, 0.25) is 15.9 Å². The van der Waals surface area contributed by atoms with E-state index in [1.54, 1.807) is 42.5 Å². The lowest BCUT2D eigenvalue weighted by Gasteiger charge is -2.22. The van der Waals surface area contributed by atoms with E-state index < -0.39 is 10.0 Å². The Morgan fingerprint density at radius 3 is 2.24 bits per heavy atom. The number of halogens is 1. The predicted octanol–water partition coefficient (Wildman–Crippen LogP) is 3.06.